The number of aromatic nitrogens is 2. The van der Waals surface area contributed by atoms with Gasteiger partial charge in [0.25, 0.3) is 0 Å². The first-order valence-electron chi connectivity index (χ1n) is 17.3. The minimum Gasteiger partial charge on any atom is -0.547 e. The van der Waals surface area contributed by atoms with E-state index >= 15 is 0 Å². The summed E-state index contributed by atoms with van der Waals surface area (Å²) in [5.74, 6) is -1.65. The number of pyridine rings is 2. The monoisotopic (exact) mass is 772 g/mol. The van der Waals surface area contributed by atoms with Crippen molar-refractivity contribution in [2.45, 2.75) is 125 Å². The molecule has 0 spiro atoms. The first kappa shape index (κ1) is 51.2. The number of hydrogen-bond donors (Lipinski definition) is 2. The number of anilines is 2. The van der Waals surface area contributed by atoms with Crippen molar-refractivity contribution in [1.82, 2.24) is 19.8 Å². The van der Waals surface area contributed by atoms with Crippen molar-refractivity contribution in [3.8, 4) is 0 Å². The number of carboxylic acids is 1. The molecular formula is C38H59F2LiN6O8. The molecule has 304 valence electrons. The summed E-state index contributed by atoms with van der Waals surface area (Å²) in [5, 5.41) is 16.0. The molecule has 2 aliphatic heterocycles. The molecule has 4 rings (SSSR count). The van der Waals surface area contributed by atoms with E-state index in [0.29, 0.717) is 50.9 Å². The molecule has 2 amide bonds. The van der Waals surface area contributed by atoms with Crippen molar-refractivity contribution in [3.63, 3.8) is 0 Å². The summed E-state index contributed by atoms with van der Waals surface area (Å²) in [6.45, 7) is 15.1. The number of nitrogens with zero attached hydrogens (tertiary/aromatic N) is 4. The fraction of sp³-hybridized carbons (Fsp3) is 0.632. The number of amides is 2. The summed E-state index contributed by atoms with van der Waals surface area (Å²) >= 11 is 0. The molecule has 14 nitrogen and oxygen atoms in total. The second-order valence-corrected chi connectivity index (χ2v) is 14.8. The standard InChI is InChI=1S/C19H28FN3O4.C17H24FN3O4.2CH4.Li/c1-5-26-16(24)19(20)7-10-23(11-8-19)13-14-6-9-21-15(12-14)22-17(25)27-18(2,3)4;1-16(2,3)25-15(24)20-13-10-12(4-7-19-13)11-21-8-5-17(18,6-9-21)14(22)23;;;/h6,9,12H,5,7-8,10-11,13H2,1-4H3,(H,21,22,25);4,7,10H,5-6,8-9,11H2,1-3H3,(H,22,23)(H,19,20,24);2*1H4;/q;;;;+1/p-1. The van der Waals surface area contributed by atoms with Crippen molar-refractivity contribution >= 4 is 35.8 Å². The molecule has 2 N–H and O–H groups in total. The maximum Gasteiger partial charge on any atom is 1.00 e. The Bertz CT molecular complexity index is 1540. The number of rotatable bonds is 9. The zero-order chi connectivity index (χ0) is 38.7. The molecule has 0 aliphatic carbocycles. The van der Waals surface area contributed by atoms with Gasteiger partial charge in [0.2, 0.25) is 5.67 Å². The third-order valence-corrected chi connectivity index (χ3v) is 8.02. The fourth-order valence-corrected chi connectivity index (χ4v) is 5.41. The van der Waals surface area contributed by atoms with Gasteiger partial charge < -0.3 is 24.1 Å². The largest absolute Gasteiger partial charge is 1.00 e. The maximum atomic E-state index is 14.6. The van der Waals surface area contributed by atoms with E-state index in [0.717, 1.165) is 11.1 Å². The number of aliphatic carboxylic acids is 1. The summed E-state index contributed by atoms with van der Waals surface area (Å²) in [4.78, 5) is 58.4. The molecule has 55 heavy (non-hydrogen) atoms. The van der Waals surface area contributed by atoms with Gasteiger partial charge in [0.1, 0.15) is 22.8 Å². The van der Waals surface area contributed by atoms with Crippen LogP contribution in [0.3, 0.4) is 0 Å². The number of piperidine rings is 2. The van der Waals surface area contributed by atoms with Crippen LogP contribution in [0.1, 0.15) is 100 Å². The number of likely N-dealkylation sites (tertiary alicyclic amines) is 2. The van der Waals surface area contributed by atoms with Gasteiger partial charge >= 0.3 is 37.0 Å². The Morgan fingerprint density at radius 3 is 1.44 bits per heavy atom. The molecule has 0 atom stereocenters. The van der Waals surface area contributed by atoms with Crippen molar-refractivity contribution in [3.05, 3.63) is 47.8 Å². The van der Waals surface area contributed by atoms with Crippen LogP contribution in [-0.4, -0.2) is 99.2 Å². The van der Waals surface area contributed by atoms with E-state index in [2.05, 4.69) is 25.5 Å². The molecule has 0 radical (unpaired) electrons. The smallest absolute Gasteiger partial charge is 0.547 e. The number of nitrogens with one attached hydrogen (secondary N) is 2. The van der Waals surface area contributed by atoms with Crippen molar-refractivity contribution in [1.29, 1.82) is 0 Å². The fourth-order valence-electron chi connectivity index (χ4n) is 5.41. The normalized spacial score (nSPS) is 16.5. The number of carbonyl (C=O) groups excluding carboxylic acids is 4. The molecule has 0 unspecified atom stereocenters. The zero-order valence-electron chi connectivity index (χ0n) is 32.1. The van der Waals surface area contributed by atoms with Crippen LogP contribution in [0.2, 0.25) is 0 Å². The summed E-state index contributed by atoms with van der Waals surface area (Å²) in [6, 6.07) is 7.09. The number of ether oxygens (including phenoxy) is 3. The second-order valence-electron chi connectivity index (χ2n) is 14.8. The average molecular weight is 773 g/mol. The van der Waals surface area contributed by atoms with E-state index in [1.165, 1.54) is 0 Å². The molecule has 17 heteroatoms. The predicted molar refractivity (Wildman–Crippen MR) is 200 cm³/mol. The first-order chi connectivity index (χ1) is 24.2. The third-order valence-electron chi connectivity index (χ3n) is 8.02. The number of esters is 1. The number of alkyl halides is 2. The van der Waals surface area contributed by atoms with Crippen LogP contribution in [0.5, 0.6) is 0 Å². The number of carboxylic acid groups (broad SMARTS) is 1. The van der Waals surface area contributed by atoms with Crippen LogP contribution in [0, 0.1) is 0 Å². The Balaban J connectivity index is 0.00000101. The summed E-state index contributed by atoms with van der Waals surface area (Å²) in [6.07, 6.45) is 2.04. The molecule has 2 aromatic rings. The quantitative estimate of drug-likeness (QED) is 0.217. The second kappa shape index (κ2) is 22.0. The van der Waals surface area contributed by atoms with Crippen LogP contribution >= 0.6 is 0 Å². The number of hydrogen-bond acceptors (Lipinski definition) is 12. The van der Waals surface area contributed by atoms with Crippen LogP contribution in [-0.2, 0) is 36.9 Å². The van der Waals surface area contributed by atoms with Crippen LogP contribution in [0.25, 0.3) is 0 Å². The molecule has 2 aliphatic rings. The molecule has 0 aromatic carbocycles. The van der Waals surface area contributed by atoms with Gasteiger partial charge in [0.05, 0.1) is 12.6 Å². The average Bonchev–Trinajstić information content (AvgIpc) is 3.02. The predicted octanol–water partition coefficient (Wildman–Crippen LogP) is 3.05. The minimum atomic E-state index is -2.24. The van der Waals surface area contributed by atoms with Gasteiger partial charge in [-0.3, -0.25) is 20.4 Å². The van der Waals surface area contributed by atoms with Gasteiger partial charge in [-0.25, -0.2) is 33.1 Å². The Kier molecular flexibility index (Phi) is 20.5. The molecule has 0 bridgehead atoms. The Hall–Kier alpha value is -3.84. The van der Waals surface area contributed by atoms with E-state index in [9.17, 15) is 33.1 Å². The molecular weight excluding hydrogens is 713 g/mol. The van der Waals surface area contributed by atoms with Gasteiger partial charge in [-0.05, 0) is 96.7 Å². The summed E-state index contributed by atoms with van der Waals surface area (Å²) in [7, 11) is 0. The Morgan fingerprint density at radius 2 is 1.11 bits per heavy atom. The van der Waals surface area contributed by atoms with E-state index in [1.54, 1.807) is 79.1 Å². The van der Waals surface area contributed by atoms with Crippen LogP contribution in [0.4, 0.5) is 30.0 Å². The van der Waals surface area contributed by atoms with Gasteiger partial charge in [0, 0.05) is 64.5 Å². The van der Waals surface area contributed by atoms with E-state index in [4.69, 9.17) is 14.2 Å². The van der Waals surface area contributed by atoms with Gasteiger partial charge in [0.15, 0.2) is 5.67 Å². The third kappa shape index (κ3) is 17.7. The maximum absolute atomic E-state index is 14.6. The van der Waals surface area contributed by atoms with Crippen molar-refractivity contribution in [2.24, 2.45) is 0 Å². The Morgan fingerprint density at radius 1 is 0.745 bits per heavy atom. The van der Waals surface area contributed by atoms with Crippen molar-refractivity contribution < 1.29 is 66.1 Å². The van der Waals surface area contributed by atoms with E-state index in [-0.39, 0.29) is 66.0 Å². The van der Waals surface area contributed by atoms with Crippen molar-refractivity contribution in [2.75, 3.05) is 43.4 Å². The van der Waals surface area contributed by atoms with Gasteiger partial charge in [-0.15, -0.1) is 0 Å². The minimum absolute atomic E-state index is 0. The SMILES string of the molecule is C.C.CC(C)(C)OC(=O)Nc1cc(CN2CCC(F)(C(=O)[O-])CC2)ccn1.CCOC(=O)C1(F)CCN(Cc2ccnc(NC(=O)OC(C)(C)C)c2)CC1.[Li+]. The Labute approximate surface area is 336 Å². The zero-order valence-corrected chi connectivity index (χ0v) is 32.1. The van der Waals surface area contributed by atoms with E-state index < -0.39 is 46.7 Å². The molecule has 2 aromatic heterocycles. The summed E-state index contributed by atoms with van der Waals surface area (Å²) in [5.41, 5.74) is -3.52. The topological polar surface area (TPSA) is 175 Å². The molecule has 0 saturated carbocycles. The molecule has 4 heterocycles. The van der Waals surface area contributed by atoms with E-state index in [1.807, 2.05) is 11.0 Å². The number of carbonyl (C=O) groups is 4. The number of halogens is 2. The van der Waals surface area contributed by atoms with Gasteiger partial charge in [-0.2, -0.15) is 0 Å². The molecule has 2 saturated heterocycles. The van der Waals surface area contributed by atoms with Crippen LogP contribution < -0.4 is 34.6 Å². The first-order valence-corrected chi connectivity index (χ1v) is 17.3. The van der Waals surface area contributed by atoms with Gasteiger partial charge in [-0.1, -0.05) is 14.9 Å². The molecule has 2 fully saturated rings. The summed E-state index contributed by atoms with van der Waals surface area (Å²) < 4.78 is 43.8. The van der Waals surface area contributed by atoms with Crippen LogP contribution in [0.15, 0.2) is 36.7 Å².